The minimum Gasteiger partial charge on any atom is -0.493 e. The van der Waals surface area contributed by atoms with Crippen LogP contribution in [0.4, 0.5) is 18.9 Å². The van der Waals surface area contributed by atoms with Crippen LogP contribution in [0.3, 0.4) is 0 Å². The standard InChI is InChI=1S/C28H36F3N3O2/c1-4-5-8-19(2)27-32-26(33-36-27)22-12-14-25(23(18-22)28(29,30)31)35-16-7-9-20-11-13-24-21(17-20)10-6-15-34(24)3/h11-14,17-19,27H,4-10,15-16H2,1-3H3,(H,32,33). The number of nitrogens with one attached hydrogen (secondary N) is 1. The molecule has 0 spiro atoms. The van der Waals surface area contributed by atoms with E-state index in [4.69, 9.17) is 9.57 Å². The molecule has 0 bridgehead atoms. The molecule has 0 radical (unpaired) electrons. The maximum atomic E-state index is 13.9. The number of alkyl halides is 3. The lowest BCUT2D eigenvalue weighted by Crippen LogP contribution is -2.24. The van der Waals surface area contributed by atoms with Crippen LogP contribution in [0, 0.1) is 5.92 Å². The number of hydrogen-bond donors (Lipinski definition) is 1. The predicted octanol–water partition coefficient (Wildman–Crippen LogP) is 6.53. The van der Waals surface area contributed by atoms with Gasteiger partial charge in [0.15, 0.2) is 12.1 Å². The van der Waals surface area contributed by atoms with E-state index in [9.17, 15) is 13.2 Å². The number of amidine groups is 1. The molecule has 36 heavy (non-hydrogen) atoms. The summed E-state index contributed by atoms with van der Waals surface area (Å²) in [6, 6.07) is 10.5. The van der Waals surface area contributed by atoms with Crippen LogP contribution in [0.15, 0.2) is 41.4 Å². The van der Waals surface area contributed by atoms with Crippen LogP contribution < -0.4 is 15.1 Å². The summed E-state index contributed by atoms with van der Waals surface area (Å²) in [5.41, 5.74) is 6.04. The maximum absolute atomic E-state index is 13.9. The zero-order valence-electron chi connectivity index (χ0n) is 21.3. The Balaban J connectivity index is 1.38. The van der Waals surface area contributed by atoms with Gasteiger partial charge in [-0.05, 0) is 67.5 Å². The summed E-state index contributed by atoms with van der Waals surface area (Å²) in [6.45, 7) is 5.42. The second kappa shape index (κ2) is 11.5. The summed E-state index contributed by atoms with van der Waals surface area (Å²) in [4.78, 5) is 12.3. The van der Waals surface area contributed by atoms with Gasteiger partial charge in [-0.1, -0.05) is 38.8 Å². The molecule has 2 atom stereocenters. The van der Waals surface area contributed by atoms with Gasteiger partial charge in [0.25, 0.3) is 0 Å². The second-order valence-electron chi connectivity index (χ2n) is 9.86. The number of halogens is 3. The molecule has 196 valence electrons. The highest BCUT2D eigenvalue weighted by Crippen LogP contribution is 2.37. The molecule has 2 unspecified atom stereocenters. The van der Waals surface area contributed by atoms with E-state index in [1.54, 1.807) is 6.07 Å². The molecule has 0 fully saturated rings. The van der Waals surface area contributed by atoms with E-state index in [1.165, 1.54) is 22.9 Å². The molecule has 8 heteroatoms. The SMILES string of the molecule is CCCCC(C)C1N=C(c2ccc(OCCCc3ccc4c(c3)CCCN4C)c(C(F)(F)F)c2)NO1. The number of anilines is 1. The van der Waals surface area contributed by atoms with Gasteiger partial charge in [-0.2, -0.15) is 13.2 Å². The monoisotopic (exact) mass is 503 g/mol. The van der Waals surface area contributed by atoms with Gasteiger partial charge < -0.3 is 9.64 Å². The average molecular weight is 504 g/mol. The van der Waals surface area contributed by atoms with E-state index in [0.717, 1.165) is 51.1 Å². The summed E-state index contributed by atoms with van der Waals surface area (Å²) < 4.78 is 47.2. The average Bonchev–Trinajstić information content (AvgIpc) is 3.35. The van der Waals surface area contributed by atoms with Gasteiger partial charge in [0.1, 0.15) is 5.75 Å². The highest BCUT2D eigenvalue weighted by atomic mass is 19.4. The topological polar surface area (TPSA) is 46.1 Å². The fraction of sp³-hybridized carbons (Fsp3) is 0.536. The second-order valence-corrected chi connectivity index (χ2v) is 9.86. The molecule has 2 aliphatic rings. The number of hydroxylamine groups is 1. The molecule has 0 aromatic heterocycles. The van der Waals surface area contributed by atoms with Gasteiger partial charge in [-0.3, -0.25) is 0 Å². The minimum absolute atomic E-state index is 0.161. The molecule has 4 rings (SSSR count). The number of fused-ring (bicyclic) bond motifs is 1. The van der Waals surface area contributed by atoms with E-state index >= 15 is 0 Å². The largest absolute Gasteiger partial charge is 0.493 e. The van der Waals surface area contributed by atoms with Crippen LogP contribution in [0.5, 0.6) is 5.75 Å². The van der Waals surface area contributed by atoms with E-state index in [-0.39, 0.29) is 18.3 Å². The molecule has 2 heterocycles. The number of nitrogens with zero attached hydrogens (tertiary/aromatic N) is 2. The lowest BCUT2D eigenvalue weighted by molar-refractivity contribution is -0.139. The first-order valence-corrected chi connectivity index (χ1v) is 12.9. The Bertz CT molecular complexity index is 1070. The number of hydrogen-bond acceptors (Lipinski definition) is 5. The van der Waals surface area contributed by atoms with Crippen molar-refractivity contribution in [2.75, 3.05) is 25.1 Å². The molecular formula is C28H36F3N3O2. The van der Waals surface area contributed by atoms with E-state index in [2.05, 4.69) is 47.5 Å². The smallest absolute Gasteiger partial charge is 0.419 e. The Labute approximate surface area is 211 Å². The molecular weight excluding hydrogens is 467 g/mol. The van der Waals surface area contributed by atoms with E-state index in [0.29, 0.717) is 17.8 Å². The van der Waals surface area contributed by atoms with Gasteiger partial charge in [0, 0.05) is 30.8 Å². The molecule has 0 saturated heterocycles. The zero-order valence-corrected chi connectivity index (χ0v) is 21.3. The van der Waals surface area contributed by atoms with E-state index < -0.39 is 18.0 Å². The van der Waals surface area contributed by atoms with Crippen molar-refractivity contribution in [1.29, 1.82) is 0 Å². The number of rotatable bonds is 10. The van der Waals surface area contributed by atoms with Crippen molar-refractivity contribution in [3.8, 4) is 5.75 Å². The lowest BCUT2D eigenvalue weighted by atomic mass is 9.98. The van der Waals surface area contributed by atoms with Crippen LogP contribution in [-0.2, 0) is 23.9 Å². The van der Waals surface area contributed by atoms with Gasteiger partial charge in [-0.15, -0.1) is 0 Å². The maximum Gasteiger partial charge on any atom is 0.419 e. The molecule has 1 N–H and O–H groups in total. The van der Waals surface area contributed by atoms with Crippen molar-refractivity contribution in [1.82, 2.24) is 5.48 Å². The minimum atomic E-state index is -4.54. The predicted molar refractivity (Wildman–Crippen MR) is 137 cm³/mol. The van der Waals surface area contributed by atoms with Crippen LogP contribution in [0.1, 0.15) is 68.2 Å². The Morgan fingerprint density at radius 1 is 1.19 bits per heavy atom. The zero-order chi connectivity index (χ0) is 25.7. The Morgan fingerprint density at radius 2 is 2.03 bits per heavy atom. The third kappa shape index (κ3) is 6.33. The first kappa shape index (κ1) is 26.3. The summed E-state index contributed by atoms with van der Waals surface area (Å²) in [7, 11) is 2.10. The normalized spacial score (nSPS) is 18.4. The molecule has 0 aliphatic carbocycles. The van der Waals surface area contributed by atoms with Crippen molar-refractivity contribution < 1.29 is 22.7 Å². The number of aliphatic imine (C=N–C) groups is 1. The Hall–Kier alpha value is -2.74. The summed E-state index contributed by atoms with van der Waals surface area (Å²) in [5.74, 6) is 0.333. The number of unbranched alkanes of at least 4 members (excludes halogenated alkanes) is 1. The van der Waals surface area contributed by atoms with Crippen molar-refractivity contribution in [3.63, 3.8) is 0 Å². The van der Waals surface area contributed by atoms with Crippen molar-refractivity contribution in [3.05, 3.63) is 58.7 Å². The number of benzene rings is 2. The van der Waals surface area contributed by atoms with Gasteiger partial charge in [0.2, 0.25) is 0 Å². The van der Waals surface area contributed by atoms with Gasteiger partial charge in [0.05, 0.1) is 12.2 Å². The van der Waals surface area contributed by atoms with Crippen LogP contribution in [0.2, 0.25) is 0 Å². The molecule has 2 aliphatic heterocycles. The summed E-state index contributed by atoms with van der Waals surface area (Å²) in [6.07, 6.45) is 1.72. The number of ether oxygens (including phenoxy) is 1. The van der Waals surface area contributed by atoms with Crippen molar-refractivity contribution >= 4 is 11.5 Å². The van der Waals surface area contributed by atoms with Gasteiger partial charge in [-0.25, -0.2) is 15.3 Å². The molecule has 2 aromatic carbocycles. The van der Waals surface area contributed by atoms with Gasteiger partial charge >= 0.3 is 6.18 Å². The molecule has 0 saturated carbocycles. The number of aryl methyl sites for hydroxylation is 2. The molecule has 2 aromatic rings. The lowest BCUT2D eigenvalue weighted by Gasteiger charge is -2.27. The summed E-state index contributed by atoms with van der Waals surface area (Å²) >= 11 is 0. The van der Waals surface area contributed by atoms with Crippen LogP contribution in [-0.4, -0.2) is 32.3 Å². The Kier molecular flexibility index (Phi) is 8.44. The quantitative estimate of drug-likeness (QED) is 0.374. The fourth-order valence-corrected chi connectivity index (χ4v) is 4.82. The highest BCUT2D eigenvalue weighted by Gasteiger charge is 2.35. The summed E-state index contributed by atoms with van der Waals surface area (Å²) in [5, 5.41) is 0. The third-order valence-electron chi connectivity index (χ3n) is 6.95. The molecule has 5 nitrogen and oxygen atoms in total. The van der Waals surface area contributed by atoms with Crippen LogP contribution in [0.25, 0.3) is 0 Å². The third-order valence-corrected chi connectivity index (χ3v) is 6.95. The Morgan fingerprint density at radius 3 is 2.81 bits per heavy atom. The van der Waals surface area contributed by atoms with Crippen molar-refractivity contribution in [2.45, 2.75) is 71.2 Å². The molecule has 0 amide bonds. The first-order valence-electron chi connectivity index (χ1n) is 12.9. The van der Waals surface area contributed by atoms with E-state index in [1.807, 2.05) is 6.92 Å². The fourth-order valence-electron chi connectivity index (χ4n) is 4.82. The highest BCUT2D eigenvalue weighted by molar-refractivity contribution is 5.99. The first-order chi connectivity index (χ1) is 17.3. The van der Waals surface area contributed by atoms with Crippen molar-refractivity contribution in [2.24, 2.45) is 10.9 Å². The van der Waals surface area contributed by atoms with Crippen LogP contribution >= 0.6 is 0 Å².